The molecule has 1 aromatic carbocycles. The van der Waals surface area contributed by atoms with Crippen molar-refractivity contribution in [1.29, 1.82) is 0 Å². The van der Waals surface area contributed by atoms with Gasteiger partial charge >= 0.3 is 5.69 Å². The molecule has 0 radical (unpaired) electrons. The zero-order chi connectivity index (χ0) is 21.3. The number of nitrogens with one attached hydrogen (secondary N) is 1. The van der Waals surface area contributed by atoms with E-state index in [-0.39, 0.29) is 11.1 Å². The second-order valence-corrected chi connectivity index (χ2v) is 7.27. The first-order valence-corrected chi connectivity index (χ1v) is 9.76. The molecule has 3 heterocycles. The van der Waals surface area contributed by atoms with Crippen LogP contribution in [0, 0.1) is 0 Å². The first-order valence-electron chi connectivity index (χ1n) is 9.76. The molecule has 30 heavy (non-hydrogen) atoms. The summed E-state index contributed by atoms with van der Waals surface area (Å²) in [6, 6.07) is 7.12. The topological polar surface area (TPSA) is 105 Å². The third kappa shape index (κ3) is 3.73. The monoisotopic (exact) mass is 412 g/mol. The van der Waals surface area contributed by atoms with Gasteiger partial charge in [-0.05, 0) is 18.2 Å². The van der Waals surface area contributed by atoms with Gasteiger partial charge in [0.15, 0.2) is 0 Å². The summed E-state index contributed by atoms with van der Waals surface area (Å²) < 4.78 is 7.63. The number of ether oxygens (including phenoxy) is 1. The van der Waals surface area contributed by atoms with E-state index in [2.05, 4.69) is 14.9 Å². The minimum absolute atomic E-state index is 0.0805. The van der Waals surface area contributed by atoms with Crippen LogP contribution in [0.3, 0.4) is 0 Å². The molecule has 0 atom stereocenters. The van der Waals surface area contributed by atoms with Gasteiger partial charge in [-0.25, -0.2) is 9.78 Å². The van der Waals surface area contributed by atoms with Crippen molar-refractivity contribution in [2.75, 3.05) is 49.7 Å². The molecule has 158 valence electrons. The molecule has 1 aliphatic heterocycles. The summed E-state index contributed by atoms with van der Waals surface area (Å²) >= 11 is 0. The molecule has 0 aliphatic carbocycles. The highest BCUT2D eigenvalue weighted by Crippen LogP contribution is 2.21. The number of methoxy groups -OCH3 is 1. The lowest BCUT2D eigenvalue weighted by Gasteiger charge is -2.37. The Kier molecular flexibility index (Phi) is 5.40. The van der Waals surface area contributed by atoms with E-state index in [9.17, 15) is 14.4 Å². The minimum atomic E-state index is -0.420. The van der Waals surface area contributed by atoms with Crippen LogP contribution in [0.4, 0.5) is 11.5 Å². The van der Waals surface area contributed by atoms with E-state index in [4.69, 9.17) is 4.74 Å². The number of benzene rings is 1. The molecular weight excluding hydrogens is 388 g/mol. The summed E-state index contributed by atoms with van der Waals surface area (Å²) in [7, 11) is 3.05. The zero-order valence-corrected chi connectivity index (χ0v) is 17.0. The van der Waals surface area contributed by atoms with Gasteiger partial charge in [-0.1, -0.05) is 0 Å². The molecule has 1 N–H and O–H groups in total. The predicted octanol–water partition coefficient (Wildman–Crippen LogP) is -0.243. The van der Waals surface area contributed by atoms with Crippen molar-refractivity contribution in [3.63, 3.8) is 0 Å². The van der Waals surface area contributed by atoms with Crippen LogP contribution >= 0.6 is 0 Å². The molecule has 10 nitrogen and oxygen atoms in total. The Labute approximate surface area is 172 Å². The van der Waals surface area contributed by atoms with Gasteiger partial charge in [0.1, 0.15) is 5.82 Å². The third-order valence-electron chi connectivity index (χ3n) is 5.46. The Hall–Kier alpha value is -3.40. The Balaban J connectivity index is 1.51. The van der Waals surface area contributed by atoms with E-state index in [1.54, 1.807) is 18.0 Å². The summed E-state index contributed by atoms with van der Waals surface area (Å²) in [5.74, 6) is 0.541. The van der Waals surface area contributed by atoms with Crippen molar-refractivity contribution in [3.05, 3.63) is 61.8 Å². The quantitative estimate of drug-likeness (QED) is 0.616. The van der Waals surface area contributed by atoms with Gasteiger partial charge in [-0.3, -0.25) is 23.7 Å². The molecule has 1 saturated heterocycles. The number of fused-ring (bicyclic) bond motifs is 1. The number of nitrogens with zero attached hydrogens (tertiary/aromatic N) is 5. The van der Waals surface area contributed by atoms with Crippen molar-refractivity contribution >= 4 is 22.4 Å². The lowest BCUT2D eigenvalue weighted by atomic mass is 10.2. The molecule has 4 rings (SSSR count). The third-order valence-corrected chi connectivity index (χ3v) is 5.46. The smallest absolute Gasteiger partial charge is 0.329 e. The largest absolute Gasteiger partial charge is 0.383 e. The molecule has 1 fully saturated rings. The summed E-state index contributed by atoms with van der Waals surface area (Å²) in [5.41, 5.74) is 0.818. The van der Waals surface area contributed by atoms with E-state index >= 15 is 0 Å². The molecule has 0 bridgehead atoms. The van der Waals surface area contributed by atoms with E-state index in [1.165, 1.54) is 13.1 Å². The van der Waals surface area contributed by atoms with Crippen LogP contribution in [0.1, 0.15) is 0 Å². The normalized spacial score (nSPS) is 14.5. The predicted molar refractivity (Wildman–Crippen MR) is 115 cm³/mol. The van der Waals surface area contributed by atoms with Crippen LogP contribution in [-0.2, 0) is 18.3 Å². The fraction of sp³-hybridized carbons (Fsp3) is 0.400. The van der Waals surface area contributed by atoms with Crippen molar-refractivity contribution < 1.29 is 4.74 Å². The van der Waals surface area contributed by atoms with E-state index in [1.807, 2.05) is 23.1 Å². The Morgan fingerprint density at radius 1 is 1.07 bits per heavy atom. The summed E-state index contributed by atoms with van der Waals surface area (Å²) in [6.07, 6.45) is 1.55. The van der Waals surface area contributed by atoms with Crippen molar-refractivity contribution in [1.82, 2.24) is 19.1 Å². The number of aromatic nitrogens is 4. The fourth-order valence-corrected chi connectivity index (χ4v) is 3.61. The van der Waals surface area contributed by atoms with Crippen molar-refractivity contribution in [2.45, 2.75) is 6.54 Å². The molecular formula is C20H24N6O4. The molecule has 0 spiro atoms. The van der Waals surface area contributed by atoms with Crippen molar-refractivity contribution in [2.24, 2.45) is 7.05 Å². The lowest BCUT2D eigenvalue weighted by molar-refractivity contribution is 0.186. The van der Waals surface area contributed by atoms with E-state index < -0.39 is 5.69 Å². The Morgan fingerprint density at radius 2 is 1.80 bits per heavy atom. The number of anilines is 2. The lowest BCUT2D eigenvalue weighted by Crippen LogP contribution is -2.48. The molecule has 0 amide bonds. The first-order chi connectivity index (χ1) is 14.5. The average Bonchev–Trinajstić information content (AvgIpc) is 2.76. The number of H-pyrrole nitrogens is 1. The number of aromatic amines is 1. The van der Waals surface area contributed by atoms with Crippen LogP contribution in [0.5, 0.6) is 0 Å². The average molecular weight is 412 g/mol. The number of rotatable bonds is 5. The Morgan fingerprint density at radius 3 is 2.50 bits per heavy atom. The van der Waals surface area contributed by atoms with Crippen molar-refractivity contribution in [3.8, 4) is 0 Å². The summed E-state index contributed by atoms with van der Waals surface area (Å²) in [5, 5.41) is 0.577. The first kappa shape index (κ1) is 19.9. The molecule has 0 unspecified atom stereocenters. The molecule has 10 heteroatoms. The highest BCUT2D eigenvalue weighted by molar-refractivity contribution is 5.81. The number of hydrogen-bond acceptors (Lipinski definition) is 7. The second kappa shape index (κ2) is 8.15. The fourth-order valence-electron chi connectivity index (χ4n) is 3.61. The van der Waals surface area contributed by atoms with Crippen LogP contribution in [0.25, 0.3) is 10.9 Å². The zero-order valence-electron chi connectivity index (χ0n) is 17.0. The molecule has 1 aliphatic rings. The van der Waals surface area contributed by atoms with Crippen LogP contribution in [-0.4, -0.2) is 59.0 Å². The van der Waals surface area contributed by atoms with Crippen LogP contribution in [0.15, 0.2) is 45.0 Å². The number of hydrogen-bond donors (Lipinski definition) is 1. The summed E-state index contributed by atoms with van der Waals surface area (Å²) in [6.45, 7) is 3.67. The van der Waals surface area contributed by atoms with Gasteiger partial charge in [-0.2, -0.15) is 0 Å². The van der Waals surface area contributed by atoms with Crippen LogP contribution in [0.2, 0.25) is 0 Å². The molecule has 0 saturated carbocycles. The van der Waals surface area contributed by atoms with Gasteiger partial charge in [0, 0.05) is 52.1 Å². The maximum absolute atomic E-state index is 12.6. The van der Waals surface area contributed by atoms with Gasteiger partial charge in [-0.15, -0.1) is 0 Å². The van der Waals surface area contributed by atoms with Gasteiger partial charge in [0.05, 0.1) is 30.4 Å². The maximum atomic E-state index is 12.6. The van der Waals surface area contributed by atoms with Gasteiger partial charge < -0.3 is 14.5 Å². The molecule has 2 aromatic heterocycles. The minimum Gasteiger partial charge on any atom is -0.383 e. The van der Waals surface area contributed by atoms with E-state index in [0.29, 0.717) is 56.1 Å². The maximum Gasteiger partial charge on any atom is 0.329 e. The SMILES string of the molecule is COCCn1cnc2cc(N3CCN(c4cc(=O)n(C)c(=O)[nH]4)CC3)ccc2c1=O. The standard InChI is InChI=1S/C20H24N6O4/c1-23-18(27)12-17(22-20(23)29)25-7-5-24(6-8-25)14-3-4-15-16(11-14)21-13-26(19(15)28)9-10-30-2/h3-4,11-13H,5-10H2,1-2H3,(H,22,29). The van der Waals surface area contributed by atoms with Crippen LogP contribution < -0.4 is 26.6 Å². The van der Waals surface area contributed by atoms with Gasteiger partial charge in [0.25, 0.3) is 11.1 Å². The highest BCUT2D eigenvalue weighted by atomic mass is 16.5. The summed E-state index contributed by atoms with van der Waals surface area (Å²) in [4.78, 5) is 47.7. The molecule has 3 aromatic rings. The number of piperazine rings is 1. The second-order valence-electron chi connectivity index (χ2n) is 7.27. The van der Waals surface area contributed by atoms with Gasteiger partial charge in [0.2, 0.25) is 0 Å². The highest BCUT2D eigenvalue weighted by Gasteiger charge is 2.19. The Bertz CT molecular complexity index is 1210. The van der Waals surface area contributed by atoms with E-state index in [0.717, 1.165) is 10.3 Å².